The molecule has 8 heteroatoms. The van der Waals surface area contributed by atoms with Crippen LogP contribution in [-0.2, 0) is 19.1 Å². The number of carbonyl (C=O) groups excluding carboxylic acids is 2. The van der Waals surface area contributed by atoms with E-state index in [0.717, 1.165) is 0 Å². The minimum absolute atomic E-state index is 0.0817. The first kappa shape index (κ1) is 21.7. The molecule has 0 spiro atoms. The molecule has 2 unspecified atom stereocenters. The third kappa shape index (κ3) is 9.24. The van der Waals surface area contributed by atoms with Crippen LogP contribution in [0.25, 0.3) is 0 Å². The smallest absolute Gasteiger partial charge is 0.221 e. The molecule has 0 heterocycles. The molecule has 2 atom stereocenters. The standard InChI is InChI=1S/C18H28N2O6/c1-5-17(21)19-11-23-13(3)25-15-8-7-9-16(10-15)26-14(4)24-12-20-18(22)6-2/h7-10,13-14H,5-6,11-12H2,1-4H3,(H,19,21)(H,20,22). The lowest BCUT2D eigenvalue weighted by atomic mass is 10.3. The molecule has 0 radical (unpaired) electrons. The van der Waals surface area contributed by atoms with Gasteiger partial charge in [-0.15, -0.1) is 0 Å². The Hall–Kier alpha value is -2.32. The third-order valence-corrected chi connectivity index (χ3v) is 3.23. The molecule has 1 aromatic carbocycles. The van der Waals surface area contributed by atoms with E-state index in [1.165, 1.54) is 0 Å². The van der Waals surface area contributed by atoms with Gasteiger partial charge < -0.3 is 29.6 Å². The van der Waals surface area contributed by atoms with Crippen LogP contribution in [0.1, 0.15) is 40.5 Å². The van der Waals surface area contributed by atoms with Crippen LogP contribution < -0.4 is 20.1 Å². The summed E-state index contributed by atoms with van der Waals surface area (Å²) < 4.78 is 22.0. The Bertz CT molecular complexity index is 521. The van der Waals surface area contributed by atoms with Crippen molar-refractivity contribution in [2.45, 2.75) is 53.1 Å². The Kier molecular flexibility index (Phi) is 10.1. The highest BCUT2D eigenvalue weighted by atomic mass is 16.7. The van der Waals surface area contributed by atoms with Crippen LogP contribution in [0.5, 0.6) is 11.5 Å². The lowest BCUT2D eigenvalue weighted by Gasteiger charge is -2.18. The number of hydrogen-bond donors (Lipinski definition) is 2. The second kappa shape index (κ2) is 12.1. The predicted molar refractivity (Wildman–Crippen MR) is 95.4 cm³/mol. The Morgan fingerprint density at radius 2 is 1.31 bits per heavy atom. The van der Waals surface area contributed by atoms with Crippen LogP contribution in [0.4, 0.5) is 0 Å². The summed E-state index contributed by atoms with van der Waals surface area (Å²) >= 11 is 0. The minimum Gasteiger partial charge on any atom is -0.465 e. The maximum atomic E-state index is 11.1. The Labute approximate surface area is 154 Å². The summed E-state index contributed by atoms with van der Waals surface area (Å²) in [6.07, 6.45) is -0.276. The summed E-state index contributed by atoms with van der Waals surface area (Å²) in [4.78, 5) is 22.3. The molecular weight excluding hydrogens is 340 g/mol. The summed E-state index contributed by atoms with van der Waals surface area (Å²) in [6, 6.07) is 7.02. The van der Waals surface area contributed by atoms with Crippen molar-refractivity contribution >= 4 is 11.8 Å². The number of nitrogens with one attached hydrogen (secondary N) is 2. The number of ether oxygens (including phenoxy) is 4. The number of rotatable bonds is 12. The van der Waals surface area contributed by atoms with Gasteiger partial charge in [0.2, 0.25) is 11.8 Å². The molecule has 0 aromatic heterocycles. The van der Waals surface area contributed by atoms with Gasteiger partial charge in [0.1, 0.15) is 25.0 Å². The Morgan fingerprint density at radius 3 is 1.69 bits per heavy atom. The number of hydrogen-bond acceptors (Lipinski definition) is 6. The topological polar surface area (TPSA) is 95.1 Å². The van der Waals surface area contributed by atoms with Gasteiger partial charge in [0.25, 0.3) is 0 Å². The van der Waals surface area contributed by atoms with Crippen molar-refractivity contribution in [3.63, 3.8) is 0 Å². The van der Waals surface area contributed by atoms with E-state index in [-0.39, 0.29) is 25.3 Å². The van der Waals surface area contributed by atoms with Crippen molar-refractivity contribution < 1.29 is 28.5 Å². The van der Waals surface area contributed by atoms with Crippen LogP contribution in [0, 0.1) is 0 Å². The van der Waals surface area contributed by atoms with Gasteiger partial charge in [-0.05, 0) is 26.0 Å². The van der Waals surface area contributed by atoms with Crippen LogP contribution in [0.2, 0.25) is 0 Å². The number of carbonyl (C=O) groups is 2. The Balaban J connectivity index is 2.39. The van der Waals surface area contributed by atoms with Gasteiger partial charge in [0.05, 0.1) is 0 Å². The molecule has 26 heavy (non-hydrogen) atoms. The predicted octanol–water partition coefficient (Wildman–Crippen LogP) is 2.14. The van der Waals surface area contributed by atoms with Crippen molar-refractivity contribution in [2.24, 2.45) is 0 Å². The van der Waals surface area contributed by atoms with Crippen LogP contribution in [0.3, 0.4) is 0 Å². The first-order valence-corrected chi connectivity index (χ1v) is 8.64. The molecular formula is C18H28N2O6. The Morgan fingerprint density at radius 1 is 0.885 bits per heavy atom. The molecule has 2 N–H and O–H groups in total. The van der Waals surface area contributed by atoms with Gasteiger partial charge in [-0.3, -0.25) is 9.59 Å². The van der Waals surface area contributed by atoms with Crippen LogP contribution in [0.15, 0.2) is 24.3 Å². The van der Waals surface area contributed by atoms with E-state index in [1.54, 1.807) is 52.0 Å². The molecule has 146 valence electrons. The fraction of sp³-hybridized carbons (Fsp3) is 0.556. The first-order chi connectivity index (χ1) is 12.4. The van der Waals surface area contributed by atoms with Gasteiger partial charge in [-0.25, -0.2) is 0 Å². The quantitative estimate of drug-likeness (QED) is 0.549. The van der Waals surface area contributed by atoms with Crippen molar-refractivity contribution in [2.75, 3.05) is 13.5 Å². The summed E-state index contributed by atoms with van der Waals surface area (Å²) in [6.45, 7) is 7.16. The maximum absolute atomic E-state index is 11.1. The molecule has 0 aliphatic heterocycles. The van der Waals surface area contributed by atoms with Gasteiger partial charge >= 0.3 is 0 Å². The molecule has 0 aliphatic carbocycles. The lowest BCUT2D eigenvalue weighted by molar-refractivity contribution is -0.127. The van der Waals surface area contributed by atoms with E-state index >= 15 is 0 Å². The molecule has 0 fully saturated rings. The van der Waals surface area contributed by atoms with Crippen molar-refractivity contribution in [1.29, 1.82) is 0 Å². The van der Waals surface area contributed by atoms with Crippen molar-refractivity contribution in [3.8, 4) is 11.5 Å². The largest absolute Gasteiger partial charge is 0.465 e. The summed E-state index contributed by atoms with van der Waals surface area (Å²) in [5, 5.41) is 5.21. The van der Waals surface area contributed by atoms with Gasteiger partial charge in [0.15, 0.2) is 12.6 Å². The molecule has 0 aliphatic rings. The average Bonchev–Trinajstić information content (AvgIpc) is 2.61. The van der Waals surface area contributed by atoms with E-state index in [2.05, 4.69) is 10.6 Å². The second-order valence-electron chi connectivity index (χ2n) is 5.37. The first-order valence-electron chi connectivity index (χ1n) is 8.64. The molecule has 1 rings (SSSR count). The van der Waals surface area contributed by atoms with E-state index in [0.29, 0.717) is 24.3 Å². The average molecular weight is 368 g/mol. The molecule has 0 saturated carbocycles. The number of amides is 2. The van der Waals surface area contributed by atoms with E-state index in [4.69, 9.17) is 18.9 Å². The molecule has 0 bridgehead atoms. The zero-order valence-electron chi connectivity index (χ0n) is 15.7. The van der Waals surface area contributed by atoms with Crippen molar-refractivity contribution in [1.82, 2.24) is 10.6 Å². The van der Waals surface area contributed by atoms with E-state index in [1.807, 2.05) is 0 Å². The molecule has 1 aromatic rings. The van der Waals surface area contributed by atoms with Gasteiger partial charge in [0, 0.05) is 18.9 Å². The normalized spacial score (nSPS) is 12.8. The van der Waals surface area contributed by atoms with Crippen LogP contribution in [-0.4, -0.2) is 37.9 Å². The fourth-order valence-corrected chi connectivity index (χ4v) is 1.80. The summed E-state index contributed by atoms with van der Waals surface area (Å²) in [7, 11) is 0. The minimum atomic E-state index is -0.541. The molecule has 2 amide bonds. The SMILES string of the molecule is CCC(=O)NCOC(C)Oc1cccc(OC(C)OCNC(=O)CC)c1. The fourth-order valence-electron chi connectivity index (χ4n) is 1.80. The summed E-state index contributed by atoms with van der Waals surface area (Å²) in [5.74, 6) is 0.944. The maximum Gasteiger partial charge on any atom is 0.221 e. The zero-order chi connectivity index (χ0) is 19.4. The monoisotopic (exact) mass is 368 g/mol. The van der Waals surface area contributed by atoms with Gasteiger partial charge in [-0.1, -0.05) is 19.9 Å². The molecule has 8 nitrogen and oxygen atoms in total. The van der Waals surface area contributed by atoms with Gasteiger partial charge in [-0.2, -0.15) is 0 Å². The zero-order valence-corrected chi connectivity index (χ0v) is 15.7. The third-order valence-electron chi connectivity index (χ3n) is 3.23. The highest BCUT2D eigenvalue weighted by Crippen LogP contribution is 2.21. The highest BCUT2D eigenvalue weighted by Gasteiger charge is 2.08. The second-order valence-corrected chi connectivity index (χ2v) is 5.37. The highest BCUT2D eigenvalue weighted by molar-refractivity contribution is 5.75. The summed E-state index contributed by atoms with van der Waals surface area (Å²) in [5.41, 5.74) is 0. The van der Waals surface area contributed by atoms with Crippen molar-refractivity contribution in [3.05, 3.63) is 24.3 Å². The molecule has 0 saturated heterocycles. The number of benzene rings is 1. The van der Waals surface area contributed by atoms with E-state index < -0.39 is 12.6 Å². The van der Waals surface area contributed by atoms with E-state index in [9.17, 15) is 9.59 Å². The van der Waals surface area contributed by atoms with Crippen LogP contribution >= 0.6 is 0 Å². The lowest BCUT2D eigenvalue weighted by Crippen LogP contribution is -2.29.